The predicted molar refractivity (Wildman–Crippen MR) is 71.8 cm³/mol. The summed E-state index contributed by atoms with van der Waals surface area (Å²) in [6, 6.07) is 4.56. The van der Waals surface area contributed by atoms with E-state index in [1.807, 2.05) is 12.1 Å². The fourth-order valence-corrected chi connectivity index (χ4v) is 2.44. The van der Waals surface area contributed by atoms with E-state index < -0.39 is 0 Å². The zero-order chi connectivity index (χ0) is 11.9. The van der Waals surface area contributed by atoms with Crippen LogP contribution in [0.25, 0.3) is 0 Å². The van der Waals surface area contributed by atoms with Crippen molar-refractivity contribution in [2.45, 2.75) is 51.0 Å². The number of hydrogen-bond donors (Lipinski definition) is 3. The van der Waals surface area contributed by atoms with Crippen molar-refractivity contribution >= 4 is 11.5 Å². The molecule has 0 bridgehead atoms. The molecule has 1 heterocycles. The fourth-order valence-electron chi connectivity index (χ4n) is 2.44. The van der Waals surface area contributed by atoms with Gasteiger partial charge in [-0.2, -0.15) is 0 Å². The van der Waals surface area contributed by atoms with E-state index in [9.17, 15) is 0 Å². The zero-order valence-electron chi connectivity index (χ0n) is 10.3. The first-order valence-corrected chi connectivity index (χ1v) is 6.58. The summed E-state index contributed by atoms with van der Waals surface area (Å²) in [6.45, 7) is 0. The number of aromatic nitrogens is 1. The summed E-state index contributed by atoms with van der Waals surface area (Å²) >= 11 is 0. The Bertz CT molecular complexity index is 332. The first-order chi connectivity index (χ1) is 8.38. The van der Waals surface area contributed by atoms with E-state index in [2.05, 4.69) is 15.7 Å². The maximum atomic E-state index is 5.36. The van der Waals surface area contributed by atoms with Gasteiger partial charge in [-0.1, -0.05) is 32.1 Å². The third-order valence-corrected chi connectivity index (χ3v) is 3.38. The topological polar surface area (TPSA) is 63.0 Å². The number of nitrogens with zero attached hydrogens (tertiary/aromatic N) is 1. The van der Waals surface area contributed by atoms with Crippen molar-refractivity contribution in [3.63, 3.8) is 0 Å². The Morgan fingerprint density at radius 1 is 1.12 bits per heavy atom. The van der Waals surface area contributed by atoms with Gasteiger partial charge in [0.05, 0.1) is 0 Å². The lowest BCUT2D eigenvalue weighted by Crippen LogP contribution is -2.20. The number of nitrogens with one attached hydrogen (secondary N) is 2. The van der Waals surface area contributed by atoms with Crippen molar-refractivity contribution in [1.82, 2.24) is 4.98 Å². The molecule has 0 atom stereocenters. The molecule has 0 saturated heterocycles. The van der Waals surface area contributed by atoms with Crippen LogP contribution in [0.3, 0.4) is 0 Å². The van der Waals surface area contributed by atoms with Crippen molar-refractivity contribution < 1.29 is 0 Å². The molecule has 2 rings (SSSR count). The van der Waals surface area contributed by atoms with Crippen LogP contribution in [0.5, 0.6) is 0 Å². The van der Waals surface area contributed by atoms with Crippen molar-refractivity contribution in [2.75, 3.05) is 10.7 Å². The van der Waals surface area contributed by atoms with Crippen molar-refractivity contribution in [3.8, 4) is 0 Å². The molecule has 0 radical (unpaired) electrons. The fraction of sp³-hybridized carbons (Fsp3) is 0.615. The van der Waals surface area contributed by atoms with Crippen LogP contribution in [0, 0.1) is 0 Å². The van der Waals surface area contributed by atoms with Crippen LogP contribution in [-0.4, -0.2) is 11.0 Å². The molecule has 4 nitrogen and oxygen atoms in total. The molecule has 1 fully saturated rings. The van der Waals surface area contributed by atoms with E-state index in [-0.39, 0.29) is 0 Å². The molecule has 0 amide bonds. The Morgan fingerprint density at radius 3 is 2.53 bits per heavy atom. The third-order valence-electron chi connectivity index (χ3n) is 3.38. The van der Waals surface area contributed by atoms with Gasteiger partial charge in [-0.05, 0) is 18.9 Å². The van der Waals surface area contributed by atoms with Crippen LogP contribution in [0.2, 0.25) is 0 Å². The summed E-state index contributed by atoms with van der Waals surface area (Å²) in [4.78, 5) is 4.11. The van der Waals surface area contributed by atoms with Gasteiger partial charge in [0.15, 0.2) is 0 Å². The molecule has 4 heteroatoms. The Balaban J connectivity index is 1.93. The second-order valence-corrected chi connectivity index (χ2v) is 4.76. The van der Waals surface area contributed by atoms with Crippen molar-refractivity contribution in [2.24, 2.45) is 5.84 Å². The summed E-state index contributed by atoms with van der Waals surface area (Å²) in [5.41, 5.74) is 3.69. The Kier molecular flexibility index (Phi) is 4.62. The molecular weight excluding hydrogens is 212 g/mol. The number of hydrazine groups is 1. The summed E-state index contributed by atoms with van der Waals surface area (Å²) in [6.07, 6.45) is 11.2. The number of nitrogen functional groups attached to an aromatic ring is 1. The second-order valence-electron chi connectivity index (χ2n) is 4.76. The van der Waals surface area contributed by atoms with Crippen molar-refractivity contribution in [3.05, 3.63) is 18.3 Å². The van der Waals surface area contributed by atoms with E-state index in [1.165, 1.54) is 44.9 Å². The van der Waals surface area contributed by atoms with Gasteiger partial charge in [-0.25, -0.2) is 10.8 Å². The molecule has 0 aliphatic heterocycles. The number of anilines is 2. The molecule has 17 heavy (non-hydrogen) atoms. The maximum absolute atomic E-state index is 5.36. The molecule has 94 valence electrons. The predicted octanol–water partition coefficient (Wildman–Crippen LogP) is 2.89. The standard InChI is InChI=1S/C13H22N4/c14-17-13-10-12(8-9-15-13)16-11-6-4-2-1-3-5-7-11/h8-11H,1-7,14H2,(H2,15,16,17). The SMILES string of the molecule is NNc1cc(NC2CCCCCCC2)ccn1. The largest absolute Gasteiger partial charge is 0.382 e. The highest BCUT2D eigenvalue weighted by molar-refractivity contribution is 5.51. The van der Waals surface area contributed by atoms with Crippen molar-refractivity contribution in [1.29, 1.82) is 0 Å². The molecular formula is C13H22N4. The molecule has 0 aromatic carbocycles. The zero-order valence-corrected chi connectivity index (χ0v) is 10.3. The summed E-state index contributed by atoms with van der Waals surface area (Å²) < 4.78 is 0. The summed E-state index contributed by atoms with van der Waals surface area (Å²) in [5, 5.41) is 3.59. The number of rotatable bonds is 3. The molecule has 1 aliphatic carbocycles. The maximum Gasteiger partial charge on any atom is 0.141 e. The van der Waals surface area contributed by atoms with Gasteiger partial charge in [0.2, 0.25) is 0 Å². The van der Waals surface area contributed by atoms with Crippen LogP contribution < -0.4 is 16.6 Å². The monoisotopic (exact) mass is 234 g/mol. The smallest absolute Gasteiger partial charge is 0.141 e. The number of hydrogen-bond acceptors (Lipinski definition) is 4. The van der Waals surface area contributed by atoms with E-state index in [0.29, 0.717) is 11.9 Å². The average molecular weight is 234 g/mol. The van der Waals surface area contributed by atoms with Crippen LogP contribution in [-0.2, 0) is 0 Å². The second kappa shape index (κ2) is 6.45. The minimum atomic E-state index is 0.600. The van der Waals surface area contributed by atoms with E-state index >= 15 is 0 Å². The molecule has 1 aromatic heterocycles. The number of pyridine rings is 1. The quantitative estimate of drug-likeness (QED) is 0.556. The lowest BCUT2D eigenvalue weighted by Gasteiger charge is -2.22. The van der Waals surface area contributed by atoms with E-state index in [4.69, 9.17) is 5.84 Å². The minimum Gasteiger partial charge on any atom is -0.382 e. The van der Waals surface area contributed by atoms with Gasteiger partial charge in [0.1, 0.15) is 5.82 Å². The van der Waals surface area contributed by atoms with Gasteiger partial charge >= 0.3 is 0 Å². The summed E-state index contributed by atoms with van der Waals surface area (Å²) in [7, 11) is 0. The Labute approximate surface area is 103 Å². The molecule has 4 N–H and O–H groups in total. The molecule has 1 aliphatic rings. The highest BCUT2D eigenvalue weighted by Gasteiger charge is 2.11. The Hall–Kier alpha value is -1.29. The third kappa shape index (κ3) is 3.89. The average Bonchev–Trinajstić information content (AvgIpc) is 2.33. The minimum absolute atomic E-state index is 0.600. The first-order valence-electron chi connectivity index (χ1n) is 6.58. The van der Waals surface area contributed by atoms with Crippen LogP contribution in [0.15, 0.2) is 18.3 Å². The summed E-state index contributed by atoms with van der Waals surface area (Å²) in [5.74, 6) is 6.07. The van der Waals surface area contributed by atoms with Gasteiger partial charge in [-0.3, -0.25) is 0 Å². The van der Waals surface area contributed by atoms with Crippen LogP contribution >= 0.6 is 0 Å². The highest BCUT2D eigenvalue weighted by Crippen LogP contribution is 2.21. The molecule has 1 saturated carbocycles. The normalized spacial score (nSPS) is 18.2. The van der Waals surface area contributed by atoms with Crippen LogP contribution in [0.4, 0.5) is 11.5 Å². The highest BCUT2D eigenvalue weighted by atomic mass is 15.2. The first kappa shape index (κ1) is 12.2. The molecule has 0 spiro atoms. The van der Waals surface area contributed by atoms with E-state index in [1.54, 1.807) is 6.20 Å². The Morgan fingerprint density at radius 2 is 1.82 bits per heavy atom. The van der Waals surface area contributed by atoms with Gasteiger partial charge in [0, 0.05) is 24.0 Å². The van der Waals surface area contributed by atoms with Gasteiger partial charge in [0.25, 0.3) is 0 Å². The lowest BCUT2D eigenvalue weighted by atomic mass is 9.96. The molecule has 0 unspecified atom stereocenters. The lowest BCUT2D eigenvalue weighted by molar-refractivity contribution is 0.471. The molecule has 1 aromatic rings. The van der Waals surface area contributed by atoms with Gasteiger partial charge in [-0.15, -0.1) is 0 Å². The number of nitrogens with two attached hydrogens (primary N) is 1. The van der Waals surface area contributed by atoms with Gasteiger partial charge < -0.3 is 10.7 Å². The van der Waals surface area contributed by atoms with Crippen LogP contribution in [0.1, 0.15) is 44.9 Å². The van der Waals surface area contributed by atoms with E-state index in [0.717, 1.165) is 5.69 Å².